The fourth-order valence-corrected chi connectivity index (χ4v) is 3.12. The van der Waals surface area contributed by atoms with Crippen molar-refractivity contribution in [3.05, 3.63) is 0 Å². The molecule has 0 spiro atoms. The molecule has 1 rings (SSSR count). The van der Waals surface area contributed by atoms with Gasteiger partial charge in [0.2, 0.25) is 0 Å². The molecule has 1 aliphatic rings. The van der Waals surface area contributed by atoms with E-state index in [0.717, 1.165) is 12.0 Å². The normalized spacial score (nSPS) is 25.9. The van der Waals surface area contributed by atoms with E-state index in [1.807, 2.05) is 0 Å². The summed E-state index contributed by atoms with van der Waals surface area (Å²) in [6.45, 7) is 2.29. The first-order chi connectivity index (χ1) is 7.88. The van der Waals surface area contributed by atoms with E-state index < -0.39 is 0 Å². The lowest BCUT2D eigenvalue weighted by atomic mass is 9.81. The zero-order valence-corrected chi connectivity index (χ0v) is 11.4. The van der Waals surface area contributed by atoms with Gasteiger partial charge in [-0.25, -0.2) is 0 Å². The maximum absolute atomic E-state index is 3.52. The van der Waals surface area contributed by atoms with E-state index in [-0.39, 0.29) is 0 Å². The highest BCUT2D eigenvalue weighted by atomic mass is 14.9. The van der Waals surface area contributed by atoms with Gasteiger partial charge in [0.25, 0.3) is 0 Å². The summed E-state index contributed by atoms with van der Waals surface area (Å²) in [6, 6.07) is 0.824. The SMILES string of the molecule is CCCCCCCCC1CCCCC1NC. The molecule has 0 aromatic carbocycles. The van der Waals surface area contributed by atoms with E-state index in [0.29, 0.717) is 0 Å². The van der Waals surface area contributed by atoms with E-state index in [4.69, 9.17) is 0 Å². The van der Waals surface area contributed by atoms with E-state index in [1.54, 1.807) is 0 Å². The molecule has 1 N–H and O–H groups in total. The number of nitrogens with one attached hydrogen (secondary N) is 1. The summed E-state index contributed by atoms with van der Waals surface area (Å²) in [7, 11) is 2.14. The average Bonchev–Trinajstić information content (AvgIpc) is 2.34. The Kier molecular flexibility index (Phi) is 7.92. The molecule has 0 aromatic heterocycles. The third kappa shape index (κ3) is 5.34. The van der Waals surface area contributed by atoms with E-state index in [9.17, 15) is 0 Å². The van der Waals surface area contributed by atoms with Crippen LogP contribution in [0.1, 0.15) is 77.6 Å². The Balaban J connectivity index is 2.02. The molecule has 0 saturated heterocycles. The molecule has 0 radical (unpaired) electrons. The van der Waals surface area contributed by atoms with E-state index >= 15 is 0 Å². The van der Waals surface area contributed by atoms with Crippen LogP contribution in [0.2, 0.25) is 0 Å². The minimum absolute atomic E-state index is 0.824. The summed E-state index contributed by atoms with van der Waals surface area (Å²) in [4.78, 5) is 0. The summed E-state index contributed by atoms with van der Waals surface area (Å²) < 4.78 is 0. The standard InChI is InChI=1S/C15H31N/c1-3-4-5-6-7-8-11-14-12-9-10-13-15(14)16-2/h14-16H,3-13H2,1-2H3. The predicted octanol–water partition coefficient (Wildman–Crippen LogP) is 4.52. The van der Waals surface area contributed by atoms with Crippen molar-refractivity contribution in [3.8, 4) is 0 Å². The largest absolute Gasteiger partial charge is 0.317 e. The van der Waals surface area contributed by atoms with Crippen molar-refractivity contribution in [2.45, 2.75) is 83.6 Å². The molecular weight excluding hydrogens is 194 g/mol. The van der Waals surface area contributed by atoms with Gasteiger partial charge in [-0.2, -0.15) is 0 Å². The molecule has 1 nitrogen and oxygen atoms in total. The first kappa shape index (κ1) is 14.0. The van der Waals surface area contributed by atoms with Crippen LogP contribution in [0.25, 0.3) is 0 Å². The molecule has 1 fully saturated rings. The minimum atomic E-state index is 0.824. The van der Waals surface area contributed by atoms with Crippen LogP contribution in [0.3, 0.4) is 0 Å². The van der Waals surface area contributed by atoms with Gasteiger partial charge in [-0.3, -0.25) is 0 Å². The second-order valence-electron chi connectivity index (χ2n) is 5.50. The Morgan fingerprint density at radius 1 is 0.938 bits per heavy atom. The molecule has 0 aliphatic heterocycles. The monoisotopic (exact) mass is 225 g/mol. The molecule has 0 heterocycles. The maximum Gasteiger partial charge on any atom is 0.00923 e. The van der Waals surface area contributed by atoms with Gasteiger partial charge in [-0.1, -0.05) is 58.3 Å². The summed E-state index contributed by atoms with van der Waals surface area (Å²) in [5.41, 5.74) is 0. The smallest absolute Gasteiger partial charge is 0.00923 e. The highest BCUT2D eigenvalue weighted by Gasteiger charge is 2.22. The molecule has 1 aliphatic carbocycles. The Hall–Kier alpha value is -0.0400. The summed E-state index contributed by atoms with van der Waals surface area (Å²) >= 11 is 0. The van der Waals surface area contributed by atoms with Crippen LogP contribution in [0.4, 0.5) is 0 Å². The van der Waals surface area contributed by atoms with Crippen molar-refractivity contribution >= 4 is 0 Å². The van der Waals surface area contributed by atoms with Gasteiger partial charge in [0.1, 0.15) is 0 Å². The van der Waals surface area contributed by atoms with Crippen LogP contribution in [0.15, 0.2) is 0 Å². The van der Waals surface area contributed by atoms with Crippen molar-refractivity contribution in [2.75, 3.05) is 7.05 Å². The van der Waals surface area contributed by atoms with E-state index in [1.165, 1.54) is 70.6 Å². The quantitative estimate of drug-likeness (QED) is 0.599. The van der Waals surface area contributed by atoms with Crippen LogP contribution >= 0.6 is 0 Å². The summed E-state index contributed by atoms with van der Waals surface area (Å²) in [6.07, 6.45) is 15.9. The lowest BCUT2D eigenvalue weighted by Crippen LogP contribution is -2.36. The number of rotatable bonds is 8. The van der Waals surface area contributed by atoms with Gasteiger partial charge in [0.05, 0.1) is 0 Å². The molecule has 2 unspecified atom stereocenters. The predicted molar refractivity (Wildman–Crippen MR) is 72.8 cm³/mol. The molecule has 1 saturated carbocycles. The summed E-state index contributed by atoms with van der Waals surface area (Å²) in [5.74, 6) is 0.977. The first-order valence-corrected chi connectivity index (χ1v) is 7.55. The van der Waals surface area contributed by atoms with Gasteiger partial charge in [-0.05, 0) is 32.2 Å². The highest BCUT2D eigenvalue weighted by Crippen LogP contribution is 2.28. The molecule has 0 bridgehead atoms. The van der Waals surface area contributed by atoms with E-state index in [2.05, 4.69) is 19.3 Å². The third-order valence-electron chi connectivity index (χ3n) is 4.21. The molecule has 96 valence electrons. The summed E-state index contributed by atoms with van der Waals surface area (Å²) in [5, 5.41) is 3.52. The lowest BCUT2D eigenvalue weighted by Gasteiger charge is -2.31. The molecular formula is C15H31N. The van der Waals surface area contributed by atoms with Crippen LogP contribution in [-0.2, 0) is 0 Å². The van der Waals surface area contributed by atoms with Crippen molar-refractivity contribution in [3.63, 3.8) is 0 Å². The van der Waals surface area contributed by atoms with Crippen LogP contribution in [0.5, 0.6) is 0 Å². The fourth-order valence-electron chi connectivity index (χ4n) is 3.12. The molecule has 0 aromatic rings. The maximum atomic E-state index is 3.52. The number of unbranched alkanes of at least 4 members (excludes halogenated alkanes) is 5. The Bertz CT molecular complexity index is 156. The topological polar surface area (TPSA) is 12.0 Å². The fraction of sp³-hybridized carbons (Fsp3) is 1.00. The lowest BCUT2D eigenvalue weighted by molar-refractivity contribution is 0.254. The number of hydrogen-bond acceptors (Lipinski definition) is 1. The Morgan fingerprint density at radius 2 is 1.62 bits per heavy atom. The molecule has 16 heavy (non-hydrogen) atoms. The molecule has 1 heteroatoms. The first-order valence-electron chi connectivity index (χ1n) is 7.55. The third-order valence-corrected chi connectivity index (χ3v) is 4.21. The van der Waals surface area contributed by atoms with Crippen LogP contribution < -0.4 is 5.32 Å². The van der Waals surface area contributed by atoms with Crippen molar-refractivity contribution in [1.29, 1.82) is 0 Å². The van der Waals surface area contributed by atoms with Gasteiger partial charge < -0.3 is 5.32 Å². The highest BCUT2D eigenvalue weighted by molar-refractivity contribution is 4.79. The van der Waals surface area contributed by atoms with Crippen LogP contribution in [-0.4, -0.2) is 13.1 Å². The van der Waals surface area contributed by atoms with Gasteiger partial charge in [0.15, 0.2) is 0 Å². The van der Waals surface area contributed by atoms with Gasteiger partial charge >= 0.3 is 0 Å². The zero-order chi connectivity index (χ0) is 11.6. The van der Waals surface area contributed by atoms with Crippen LogP contribution in [0, 0.1) is 5.92 Å². The van der Waals surface area contributed by atoms with Gasteiger partial charge in [-0.15, -0.1) is 0 Å². The minimum Gasteiger partial charge on any atom is -0.317 e. The van der Waals surface area contributed by atoms with Crippen molar-refractivity contribution < 1.29 is 0 Å². The second kappa shape index (κ2) is 9.04. The van der Waals surface area contributed by atoms with Crippen molar-refractivity contribution in [1.82, 2.24) is 5.32 Å². The number of hydrogen-bond donors (Lipinski definition) is 1. The Labute approximate surface area is 102 Å². The van der Waals surface area contributed by atoms with Crippen molar-refractivity contribution in [2.24, 2.45) is 5.92 Å². The Morgan fingerprint density at radius 3 is 2.38 bits per heavy atom. The zero-order valence-electron chi connectivity index (χ0n) is 11.4. The molecule has 0 amide bonds. The molecule has 2 atom stereocenters. The average molecular weight is 225 g/mol. The second-order valence-corrected chi connectivity index (χ2v) is 5.50. The van der Waals surface area contributed by atoms with Gasteiger partial charge in [0, 0.05) is 6.04 Å².